The minimum atomic E-state index is -0.413. The van der Waals surface area contributed by atoms with E-state index in [1.165, 1.54) is 25.5 Å². The zero-order valence-corrected chi connectivity index (χ0v) is 17.1. The molecule has 3 rings (SSSR count). The monoisotopic (exact) mass is 427 g/mol. The Morgan fingerprint density at radius 3 is 2.67 bits per heavy atom. The summed E-state index contributed by atoms with van der Waals surface area (Å²) in [6, 6.07) is 10.6. The van der Waals surface area contributed by atoms with E-state index in [4.69, 9.17) is 9.15 Å². The van der Waals surface area contributed by atoms with E-state index in [1.54, 1.807) is 42.1 Å². The summed E-state index contributed by atoms with van der Waals surface area (Å²) in [5, 5.41) is 8.49. The summed E-state index contributed by atoms with van der Waals surface area (Å²) in [4.78, 5) is 36.0. The third-order valence-corrected chi connectivity index (χ3v) is 5.13. The van der Waals surface area contributed by atoms with Crippen molar-refractivity contribution in [3.8, 4) is 0 Å². The van der Waals surface area contributed by atoms with Gasteiger partial charge >= 0.3 is 5.97 Å². The maximum Gasteiger partial charge on any atom is 0.336 e. The molecule has 156 valence electrons. The zero-order valence-electron chi connectivity index (χ0n) is 16.3. The van der Waals surface area contributed by atoms with Crippen molar-refractivity contribution in [3.63, 3.8) is 0 Å². The number of carbonyl (C=O) groups excluding carboxylic acids is 3. The van der Waals surface area contributed by atoms with Crippen LogP contribution in [0.15, 0.2) is 64.4 Å². The number of furan rings is 1. The van der Waals surface area contributed by atoms with Gasteiger partial charge in [0.25, 0.3) is 0 Å². The van der Waals surface area contributed by atoms with Gasteiger partial charge in [0.15, 0.2) is 0 Å². The Hall–Kier alpha value is -3.46. The molecule has 2 aromatic rings. The van der Waals surface area contributed by atoms with E-state index >= 15 is 0 Å². The number of hydrogen-bond donors (Lipinski definition) is 3. The average Bonchev–Trinajstić information content (AvgIpc) is 3.43. The Bertz CT molecular complexity index is 982. The van der Waals surface area contributed by atoms with E-state index in [0.717, 1.165) is 5.70 Å². The molecule has 0 unspecified atom stereocenters. The number of rotatable bonds is 8. The summed E-state index contributed by atoms with van der Waals surface area (Å²) in [7, 11) is 1.35. The molecule has 30 heavy (non-hydrogen) atoms. The van der Waals surface area contributed by atoms with Crippen LogP contribution in [0, 0.1) is 0 Å². The molecule has 0 saturated carbocycles. The highest BCUT2D eigenvalue weighted by Crippen LogP contribution is 2.29. The Morgan fingerprint density at radius 1 is 1.13 bits per heavy atom. The van der Waals surface area contributed by atoms with Crippen LogP contribution >= 0.6 is 11.8 Å². The smallest absolute Gasteiger partial charge is 0.336 e. The number of amides is 2. The molecule has 1 aliphatic heterocycles. The lowest BCUT2D eigenvalue weighted by Gasteiger charge is -2.14. The molecule has 0 fully saturated rings. The van der Waals surface area contributed by atoms with Crippen LogP contribution in [0.25, 0.3) is 6.08 Å². The van der Waals surface area contributed by atoms with Gasteiger partial charge in [-0.3, -0.25) is 9.59 Å². The number of methoxy groups -OCH3 is 1. The van der Waals surface area contributed by atoms with E-state index in [2.05, 4.69) is 16.0 Å². The van der Waals surface area contributed by atoms with Gasteiger partial charge in [-0.15, -0.1) is 0 Å². The summed E-state index contributed by atoms with van der Waals surface area (Å²) < 4.78 is 9.92. The molecule has 1 aromatic heterocycles. The van der Waals surface area contributed by atoms with Crippen molar-refractivity contribution in [3.05, 3.63) is 65.8 Å². The van der Waals surface area contributed by atoms with Gasteiger partial charge in [0, 0.05) is 23.3 Å². The lowest BCUT2D eigenvalue weighted by molar-refractivity contribution is -0.136. The second kappa shape index (κ2) is 10.4. The number of para-hydroxylation sites is 2. The predicted molar refractivity (Wildman–Crippen MR) is 116 cm³/mol. The van der Waals surface area contributed by atoms with Crippen molar-refractivity contribution in [2.24, 2.45) is 0 Å². The second-order valence-electron chi connectivity index (χ2n) is 6.23. The van der Waals surface area contributed by atoms with Gasteiger partial charge in [-0.25, -0.2) is 4.79 Å². The van der Waals surface area contributed by atoms with Gasteiger partial charge in [0.2, 0.25) is 11.8 Å². The maximum absolute atomic E-state index is 12.3. The lowest BCUT2D eigenvalue weighted by Crippen LogP contribution is -2.31. The highest BCUT2D eigenvalue weighted by Gasteiger charge is 2.22. The molecule has 3 N–H and O–H groups in total. The number of benzene rings is 1. The first-order valence-corrected chi connectivity index (χ1v) is 10.3. The van der Waals surface area contributed by atoms with E-state index in [-0.39, 0.29) is 18.4 Å². The molecule has 0 radical (unpaired) electrons. The molecule has 0 saturated heterocycles. The first-order valence-electron chi connectivity index (χ1n) is 9.10. The number of hydrogen-bond acceptors (Lipinski definition) is 7. The molecule has 0 aliphatic carbocycles. The SMILES string of the molecule is COC(=O)C1=C(Nc2ccccc2NC(=O)CNC(=O)/C=C\c2ccco2)CSC1. The van der Waals surface area contributed by atoms with Crippen molar-refractivity contribution in [2.45, 2.75) is 0 Å². The number of esters is 1. The molecule has 0 spiro atoms. The Kier molecular flexibility index (Phi) is 7.34. The van der Waals surface area contributed by atoms with Gasteiger partial charge in [0.1, 0.15) is 5.76 Å². The summed E-state index contributed by atoms with van der Waals surface area (Å²) in [6.45, 7) is -0.193. The van der Waals surface area contributed by atoms with Crippen molar-refractivity contribution in [2.75, 3.05) is 35.8 Å². The number of anilines is 2. The molecule has 1 aromatic carbocycles. The van der Waals surface area contributed by atoms with Crippen LogP contribution in [0.5, 0.6) is 0 Å². The summed E-state index contributed by atoms with van der Waals surface area (Å²) >= 11 is 1.60. The summed E-state index contributed by atoms with van der Waals surface area (Å²) in [6.07, 6.45) is 4.31. The topological polar surface area (TPSA) is 110 Å². The normalized spacial score (nSPS) is 13.4. The molecule has 0 atom stereocenters. The first-order chi connectivity index (χ1) is 14.6. The predicted octanol–water partition coefficient (Wildman–Crippen LogP) is 2.63. The van der Waals surface area contributed by atoms with Crippen LogP contribution in [-0.4, -0.2) is 42.9 Å². The van der Waals surface area contributed by atoms with Gasteiger partial charge in [0.05, 0.1) is 36.9 Å². The molecule has 9 heteroatoms. The second-order valence-corrected chi connectivity index (χ2v) is 7.21. The van der Waals surface area contributed by atoms with Crippen LogP contribution in [0.4, 0.5) is 11.4 Å². The van der Waals surface area contributed by atoms with Gasteiger partial charge in [-0.1, -0.05) is 12.1 Å². The Labute approximate surface area is 177 Å². The van der Waals surface area contributed by atoms with Crippen molar-refractivity contribution >= 4 is 47.0 Å². The van der Waals surface area contributed by atoms with Crippen LogP contribution in [0.2, 0.25) is 0 Å². The average molecular weight is 427 g/mol. The van der Waals surface area contributed by atoms with E-state index in [1.807, 2.05) is 6.07 Å². The lowest BCUT2D eigenvalue weighted by atomic mass is 10.2. The minimum absolute atomic E-state index is 0.193. The number of ether oxygens (including phenoxy) is 1. The quantitative estimate of drug-likeness (QED) is 0.439. The van der Waals surface area contributed by atoms with E-state index in [0.29, 0.717) is 34.2 Å². The highest BCUT2D eigenvalue weighted by molar-refractivity contribution is 8.00. The fourth-order valence-corrected chi connectivity index (χ4v) is 3.72. The van der Waals surface area contributed by atoms with Gasteiger partial charge < -0.3 is 25.1 Å². The number of thioether (sulfide) groups is 1. The third-order valence-electron chi connectivity index (χ3n) is 4.14. The van der Waals surface area contributed by atoms with Crippen molar-refractivity contribution in [1.82, 2.24) is 5.32 Å². The van der Waals surface area contributed by atoms with Crippen molar-refractivity contribution < 1.29 is 23.5 Å². The van der Waals surface area contributed by atoms with Crippen LogP contribution in [0.1, 0.15) is 5.76 Å². The van der Waals surface area contributed by atoms with Gasteiger partial charge in [-0.2, -0.15) is 11.8 Å². The Morgan fingerprint density at radius 2 is 1.93 bits per heavy atom. The molecule has 1 aliphatic rings. The van der Waals surface area contributed by atoms with E-state index < -0.39 is 5.91 Å². The van der Waals surface area contributed by atoms with Crippen LogP contribution < -0.4 is 16.0 Å². The summed E-state index contributed by atoms with van der Waals surface area (Å²) in [5.41, 5.74) is 2.52. The van der Waals surface area contributed by atoms with E-state index in [9.17, 15) is 14.4 Å². The molecule has 0 bridgehead atoms. The Balaban J connectivity index is 1.58. The van der Waals surface area contributed by atoms with Crippen LogP contribution in [-0.2, 0) is 19.1 Å². The number of nitrogens with one attached hydrogen (secondary N) is 3. The molecular weight excluding hydrogens is 406 g/mol. The summed E-state index contributed by atoms with van der Waals surface area (Å²) in [5.74, 6) is 0.594. The number of carbonyl (C=O) groups is 3. The highest BCUT2D eigenvalue weighted by atomic mass is 32.2. The largest absolute Gasteiger partial charge is 0.466 e. The first kappa shape index (κ1) is 21.3. The van der Waals surface area contributed by atoms with Crippen molar-refractivity contribution in [1.29, 1.82) is 0 Å². The molecule has 8 nitrogen and oxygen atoms in total. The van der Waals surface area contributed by atoms with Gasteiger partial charge in [-0.05, 0) is 30.3 Å². The maximum atomic E-state index is 12.3. The molecule has 2 heterocycles. The standard InChI is InChI=1S/C21H21N3O5S/c1-28-21(27)15-12-30-13-18(15)23-16-6-2-3-7-17(16)24-20(26)11-22-19(25)9-8-14-5-4-10-29-14/h2-10,23H,11-13H2,1H3,(H,22,25)(H,24,26)/b9-8-. The van der Waals surface area contributed by atoms with Crippen LogP contribution in [0.3, 0.4) is 0 Å². The fraction of sp³-hybridized carbons (Fsp3) is 0.190. The zero-order chi connectivity index (χ0) is 21.3. The molecule has 2 amide bonds. The molecular formula is C21H21N3O5S. The third kappa shape index (κ3) is 5.77. The minimum Gasteiger partial charge on any atom is -0.466 e. The fourth-order valence-electron chi connectivity index (χ4n) is 2.67.